The van der Waals surface area contributed by atoms with Gasteiger partial charge in [0.25, 0.3) is 0 Å². The van der Waals surface area contributed by atoms with Gasteiger partial charge in [-0.25, -0.2) is 4.99 Å². The lowest BCUT2D eigenvalue weighted by molar-refractivity contribution is -0.780. The van der Waals surface area contributed by atoms with Gasteiger partial charge < -0.3 is 9.90 Å². The van der Waals surface area contributed by atoms with Gasteiger partial charge in [0.15, 0.2) is 6.34 Å². The number of carbonyl (C=O) groups is 1. The van der Waals surface area contributed by atoms with Gasteiger partial charge >= 0.3 is 0 Å². The van der Waals surface area contributed by atoms with Gasteiger partial charge in [-0.3, -0.25) is 4.48 Å². The van der Waals surface area contributed by atoms with Crippen LogP contribution in [0.5, 0.6) is 0 Å². The summed E-state index contributed by atoms with van der Waals surface area (Å²) in [5, 5.41) is 8.89. The average Bonchev–Trinajstić information content (AvgIpc) is 2.78. The van der Waals surface area contributed by atoms with Crippen molar-refractivity contribution < 1.29 is 14.4 Å². The summed E-state index contributed by atoms with van der Waals surface area (Å²) >= 11 is 0. The third-order valence-corrected chi connectivity index (χ3v) is 3.10. The van der Waals surface area contributed by atoms with Gasteiger partial charge in [-0.2, -0.15) is 0 Å². The smallest absolute Gasteiger partial charge is 0.194 e. The highest BCUT2D eigenvalue weighted by atomic mass is 16.4. The highest BCUT2D eigenvalue weighted by Gasteiger charge is 2.24. The Labute approximate surface area is 117 Å². The van der Waals surface area contributed by atoms with Crippen molar-refractivity contribution in [2.24, 2.45) is 4.99 Å². The first-order chi connectivity index (χ1) is 9.06. The van der Waals surface area contributed by atoms with Crippen molar-refractivity contribution in [1.82, 2.24) is 0 Å². The number of carbonyl (C=O) groups excluding carboxylic acids is 1. The number of aliphatic carboxylic acids is 1. The minimum Gasteiger partial charge on any atom is -0.550 e. The number of carboxylic acid groups (broad SMARTS) is 1. The monoisotopic (exact) mass is 268 g/mol. The van der Waals surface area contributed by atoms with Crippen molar-refractivity contribution in [2.45, 2.75) is 59.3 Å². The maximum atomic E-state index is 8.89. The lowest BCUT2D eigenvalue weighted by Crippen LogP contribution is -2.41. The van der Waals surface area contributed by atoms with Crippen LogP contribution in [0.3, 0.4) is 0 Å². The second kappa shape index (κ2) is 10.7. The third kappa shape index (κ3) is 9.42. The second-order valence-electron chi connectivity index (χ2n) is 5.02. The average molecular weight is 268 g/mol. The maximum Gasteiger partial charge on any atom is 0.194 e. The van der Waals surface area contributed by atoms with E-state index in [1.165, 1.54) is 51.6 Å². The molecular formula is C15H28N2O2. The van der Waals surface area contributed by atoms with E-state index < -0.39 is 5.97 Å². The van der Waals surface area contributed by atoms with Crippen molar-refractivity contribution in [3.63, 3.8) is 0 Å². The second-order valence-corrected chi connectivity index (χ2v) is 5.02. The van der Waals surface area contributed by atoms with Crippen LogP contribution < -0.4 is 5.11 Å². The fourth-order valence-corrected chi connectivity index (χ4v) is 2.07. The van der Waals surface area contributed by atoms with Crippen molar-refractivity contribution in [1.29, 1.82) is 0 Å². The molecule has 1 aliphatic heterocycles. The van der Waals surface area contributed by atoms with E-state index in [0.29, 0.717) is 0 Å². The summed E-state index contributed by atoms with van der Waals surface area (Å²) in [5.74, 6) is -1.08. The molecule has 1 aliphatic rings. The zero-order chi connectivity index (χ0) is 14.6. The summed E-state index contributed by atoms with van der Waals surface area (Å²) in [6.45, 7) is 7.96. The van der Waals surface area contributed by atoms with E-state index in [2.05, 4.69) is 31.4 Å². The van der Waals surface area contributed by atoms with Crippen LogP contribution in [0.1, 0.15) is 59.3 Å². The Bertz CT molecular complexity index is 271. The van der Waals surface area contributed by atoms with E-state index in [9.17, 15) is 0 Å². The summed E-state index contributed by atoms with van der Waals surface area (Å²) in [6, 6.07) is 0. The zero-order valence-corrected chi connectivity index (χ0v) is 12.6. The normalized spacial score (nSPS) is 15.1. The van der Waals surface area contributed by atoms with Crippen LogP contribution in [0.2, 0.25) is 0 Å². The molecule has 0 fully saturated rings. The van der Waals surface area contributed by atoms with E-state index in [0.717, 1.165) is 11.4 Å². The number of nitrogens with zero attached hydrogens (tertiary/aromatic N) is 2. The third-order valence-electron chi connectivity index (χ3n) is 3.10. The molecule has 1 rings (SSSR count). The molecule has 0 aliphatic carbocycles. The summed E-state index contributed by atoms with van der Waals surface area (Å²) in [5.41, 5.74) is 0. The highest BCUT2D eigenvalue weighted by Crippen LogP contribution is 2.15. The number of aliphatic imine (C=N–C) groups is 1. The van der Waals surface area contributed by atoms with Crippen molar-refractivity contribution >= 4 is 12.3 Å². The van der Waals surface area contributed by atoms with Crippen LogP contribution >= 0.6 is 0 Å². The fourth-order valence-electron chi connectivity index (χ4n) is 2.07. The van der Waals surface area contributed by atoms with E-state index in [1.807, 2.05) is 6.20 Å². The molecule has 110 valence electrons. The topological polar surface area (TPSA) is 52.5 Å². The first-order valence-corrected chi connectivity index (χ1v) is 7.32. The molecule has 0 aromatic heterocycles. The lowest BCUT2D eigenvalue weighted by Gasteiger charge is -2.27. The largest absolute Gasteiger partial charge is 0.550 e. The predicted octanol–water partition coefficient (Wildman–Crippen LogP) is 2.45. The Balaban J connectivity index is 0.000000711. The molecule has 0 bridgehead atoms. The minimum atomic E-state index is -1.08. The van der Waals surface area contributed by atoms with Gasteiger partial charge in [0.05, 0.1) is 19.3 Å². The molecule has 0 spiro atoms. The Kier molecular flexibility index (Phi) is 10.1. The summed E-state index contributed by atoms with van der Waals surface area (Å²) < 4.78 is 1.00. The Morgan fingerprint density at radius 3 is 1.89 bits per heavy atom. The molecule has 0 radical (unpaired) electrons. The van der Waals surface area contributed by atoms with Crippen LogP contribution in [0, 0.1) is 0 Å². The number of hydrogen-bond acceptors (Lipinski definition) is 3. The van der Waals surface area contributed by atoms with Gasteiger partial charge in [0.1, 0.15) is 6.20 Å². The van der Waals surface area contributed by atoms with E-state index in [-0.39, 0.29) is 0 Å². The Hall–Kier alpha value is -1.16. The first kappa shape index (κ1) is 17.8. The Morgan fingerprint density at radius 2 is 1.58 bits per heavy atom. The van der Waals surface area contributed by atoms with Crippen molar-refractivity contribution in [3.05, 3.63) is 12.4 Å². The molecule has 0 saturated carbocycles. The number of hydrogen-bond donors (Lipinski definition) is 0. The number of quaternary nitrogens is 1. The van der Waals surface area contributed by atoms with Gasteiger partial charge in [-0.05, 0) is 32.6 Å². The maximum absolute atomic E-state index is 8.89. The molecule has 0 N–H and O–H groups in total. The molecule has 4 heteroatoms. The summed E-state index contributed by atoms with van der Waals surface area (Å²) in [7, 11) is 0. The molecule has 0 aromatic carbocycles. The fraction of sp³-hybridized carbons (Fsp3) is 0.733. The van der Waals surface area contributed by atoms with Crippen molar-refractivity contribution in [2.75, 3.05) is 13.1 Å². The van der Waals surface area contributed by atoms with E-state index in [4.69, 9.17) is 9.90 Å². The SMILES string of the molecule is CC(=O)[O-].CCCCC[N+]1(CCCCC)C=CN=C1. The van der Waals surface area contributed by atoms with Gasteiger partial charge in [-0.1, -0.05) is 26.7 Å². The first-order valence-electron chi connectivity index (χ1n) is 7.32. The molecule has 0 atom stereocenters. The van der Waals surface area contributed by atoms with Gasteiger partial charge in [0, 0.05) is 5.97 Å². The van der Waals surface area contributed by atoms with Crippen LogP contribution in [0.4, 0.5) is 0 Å². The van der Waals surface area contributed by atoms with Gasteiger partial charge in [0.2, 0.25) is 0 Å². The Morgan fingerprint density at radius 1 is 1.11 bits per heavy atom. The van der Waals surface area contributed by atoms with Crippen LogP contribution in [0.15, 0.2) is 17.4 Å². The number of carboxylic acids is 1. The zero-order valence-electron chi connectivity index (χ0n) is 12.6. The molecule has 1 heterocycles. The van der Waals surface area contributed by atoms with Crippen LogP contribution in [-0.2, 0) is 4.79 Å². The number of rotatable bonds is 8. The standard InChI is InChI=1S/C13H25N2.C2H4O2/c1-3-5-7-10-15(11-8-6-4-2)12-9-14-13-15;1-2(3)4/h9,12-13H,3-8,10-11H2,1-2H3;1H3,(H,3,4)/q+1;/p-1. The molecule has 4 nitrogen and oxygen atoms in total. The predicted molar refractivity (Wildman–Crippen MR) is 77.4 cm³/mol. The molecule has 0 aromatic rings. The van der Waals surface area contributed by atoms with Crippen LogP contribution in [0.25, 0.3) is 0 Å². The summed E-state index contributed by atoms with van der Waals surface area (Å²) in [4.78, 5) is 13.1. The number of unbranched alkanes of at least 4 members (excludes halogenated alkanes) is 4. The molecular weight excluding hydrogens is 240 g/mol. The molecule has 0 unspecified atom stereocenters. The molecule has 0 amide bonds. The lowest BCUT2D eigenvalue weighted by atomic mass is 10.2. The highest BCUT2D eigenvalue weighted by molar-refractivity contribution is 5.60. The van der Waals surface area contributed by atoms with Crippen LogP contribution in [-0.4, -0.2) is 29.9 Å². The van der Waals surface area contributed by atoms with E-state index in [1.54, 1.807) is 0 Å². The summed E-state index contributed by atoms with van der Waals surface area (Å²) in [6.07, 6.45) is 14.3. The molecule has 19 heavy (non-hydrogen) atoms. The minimum absolute atomic E-state index is 0.972. The molecule has 0 saturated heterocycles. The van der Waals surface area contributed by atoms with Gasteiger partial charge in [-0.15, -0.1) is 0 Å². The van der Waals surface area contributed by atoms with Crippen molar-refractivity contribution in [3.8, 4) is 0 Å². The quantitative estimate of drug-likeness (QED) is 0.501. The van der Waals surface area contributed by atoms with E-state index >= 15 is 0 Å².